The van der Waals surface area contributed by atoms with E-state index in [-0.39, 0.29) is 5.91 Å². The Labute approximate surface area is 110 Å². The van der Waals surface area contributed by atoms with Crippen molar-refractivity contribution in [3.8, 4) is 0 Å². The van der Waals surface area contributed by atoms with Gasteiger partial charge in [0.05, 0.1) is 0 Å². The molecular weight excluding hydrogens is 280 g/mol. The molecule has 0 unspecified atom stereocenters. The summed E-state index contributed by atoms with van der Waals surface area (Å²) in [4.78, 5) is 16.1. The number of hydrogen-bond acceptors (Lipinski definition) is 2. The van der Waals surface area contributed by atoms with Gasteiger partial charge in [-0.25, -0.2) is 4.98 Å². The lowest BCUT2D eigenvalue weighted by molar-refractivity contribution is 0.0917. The molecule has 0 radical (unpaired) electrons. The van der Waals surface area contributed by atoms with Crippen LogP contribution >= 0.6 is 15.9 Å². The molecule has 2 rings (SSSR count). The highest BCUT2D eigenvalue weighted by Gasteiger charge is 2.21. The van der Waals surface area contributed by atoms with Gasteiger partial charge in [0.25, 0.3) is 5.91 Å². The van der Waals surface area contributed by atoms with E-state index in [1.54, 1.807) is 6.20 Å². The van der Waals surface area contributed by atoms with Crippen LogP contribution in [0.5, 0.6) is 0 Å². The highest BCUT2D eigenvalue weighted by Crippen LogP contribution is 2.24. The van der Waals surface area contributed by atoms with Crippen LogP contribution in [0.1, 0.15) is 43.1 Å². The Morgan fingerprint density at radius 2 is 2.12 bits per heavy atom. The molecule has 3 nitrogen and oxygen atoms in total. The topological polar surface area (TPSA) is 42.0 Å². The number of halogens is 1. The molecule has 1 fully saturated rings. The minimum absolute atomic E-state index is 0.0722. The quantitative estimate of drug-likeness (QED) is 0.911. The summed E-state index contributed by atoms with van der Waals surface area (Å²) in [6.45, 7) is 2.27. The van der Waals surface area contributed by atoms with Gasteiger partial charge in [0, 0.05) is 16.7 Å². The Morgan fingerprint density at radius 3 is 2.76 bits per heavy atom. The molecule has 1 aliphatic carbocycles. The zero-order valence-electron chi connectivity index (χ0n) is 9.95. The van der Waals surface area contributed by atoms with Crippen molar-refractivity contribution in [2.24, 2.45) is 5.92 Å². The summed E-state index contributed by atoms with van der Waals surface area (Å²) in [5.74, 6) is 0.724. The van der Waals surface area contributed by atoms with Crippen LogP contribution in [0.2, 0.25) is 0 Å². The molecule has 92 valence electrons. The molecule has 1 aromatic rings. The van der Waals surface area contributed by atoms with E-state index in [0.717, 1.165) is 23.2 Å². The molecule has 1 heterocycles. The van der Waals surface area contributed by atoms with Crippen LogP contribution in [0, 0.1) is 5.92 Å². The van der Waals surface area contributed by atoms with E-state index in [9.17, 15) is 4.79 Å². The highest BCUT2D eigenvalue weighted by molar-refractivity contribution is 9.10. The van der Waals surface area contributed by atoms with Crippen molar-refractivity contribution in [1.82, 2.24) is 10.3 Å². The van der Waals surface area contributed by atoms with Crippen LogP contribution in [0.25, 0.3) is 0 Å². The fourth-order valence-electron chi connectivity index (χ4n) is 2.21. The fourth-order valence-corrected chi connectivity index (χ4v) is 2.65. The Bertz CT molecular complexity index is 400. The minimum Gasteiger partial charge on any atom is -0.348 e. The van der Waals surface area contributed by atoms with Gasteiger partial charge >= 0.3 is 0 Å². The number of rotatable bonds is 2. The minimum atomic E-state index is -0.0722. The van der Waals surface area contributed by atoms with Crippen LogP contribution in [-0.4, -0.2) is 16.9 Å². The second-order valence-electron chi connectivity index (χ2n) is 4.76. The van der Waals surface area contributed by atoms with Crippen molar-refractivity contribution >= 4 is 21.8 Å². The zero-order valence-corrected chi connectivity index (χ0v) is 11.5. The van der Waals surface area contributed by atoms with E-state index in [0.29, 0.717) is 11.7 Å². The molecule has 0 saturated heterocycles. The van der Waals surface area contributed by atoms with E-state index in [1.165, 1.54) is 12.8 Å². The summed E-state index contributed by atoms with van der Waals surface area (Å²) >= 11 is 3.35. The van der Waals surface area contributed by atoms with Gasteiger partial charge in [-0.2, -0.15) is 0 Å². The van der Waals surface area contributed by atoms with Gasteiger partial charge in [0.15, 0.2) is 0 Å². The van der Waals surface area contributed by atoms with Gasteiger partial charge in [0.1, 0.15) is 5.69 Å². The summed E-state index contributed by atoms with van der Waals surface area (Å²) in [5, 5.41) is 3.07. The number of hydrogen-bond donors (Lipinski definition) is 1. The van der Waals surface area contributed by atoms with Crippen molar-refractivity contribution in [2.75, 3.05) is 0 Å². The van der Waals surface area contributed by atoms with Crippen LogP contribution in [0.4, 0.5) is 0 Å². The number of nitrogens with zero attached hydrogens (tertiary/aromatic N) is 1. The second-order valence-corrected chi connectivity index (χ2v) is 5.62. The molecular formula is C13H17BrN2O. The van der Waals surface area contributed by atoms with Gasteiger partial charge < -0.3 is 5.32 Å². The molecule has 4 heteroatoms. The van der Waals surface area contributed by atoms with E-state index in [4.69, 9.17) is 0 Å². The molecule has 1 N–H and O–H groups in total. The molecule has 1 saturated carbocycles. The van der Waals surface area contributed by atoms with Gasteiger partial charge in [-0.1, -0.05) is 6.92 Å². The van der Waals surface area contributed by atoms with Gasteiger partial charge in [-0.15, -0.1) is 0 Å². The van der Waals surface area contributed by atoms with Crippen molar-refractivity contribution in [2.45, 2.75) is 38.6 Å². The van der Waals surface area contributed by atoms with E-state index >= 15 is 0 Å². The van der Waals surface area contributed by atoms with Gasteiger partial charge in [0.2, 0.25) is 0 Å². The number of carbonyl (C=O) groups is 1. The lowest BCUT2D eigenvalue weighted by Gasteiger charge is -2.26. The normalized spacial score (nSPS) is 24.4. The molecule has 1 aliphatic rings. The third kappa shape index (κ3) is 3.28. The first kappa shape index (κ1) is 12.6. The molecule has 0 aromatic carbocycles. The SMILES string of the molecule is CC1CCC(NC(=O)c2ncccc2Br)CC1. The Balaban J connectivity index is 1.96. The van der Waals surface area contributed by atoms with Crippen molar-refractivity contribution < 1.29 is 4.79 Å². The molecule has 1 amide bonds. The first-order chi connectivity index (χ1) is 8.16. The molecule has 0 aliphatic heterocycles. The third-order valence-electron chi connectivity index (χ3n) is 3.32. The first-order valence-corrected chi connectivity index (χ1v) is 6.87. The monoisotopic (exact) mass is 296 g/mol. The number of carbonyl (C=O) groups excluding carboxylic acids is 1. The van der Waals surface area contributed by atoms with E-state index < -0.39 is 0 Å². The summed E-state index contributed by atoms with van der Waals surface area (Å²) < 4.78 is 0.752. The second kappa shape index (κ2) is 5.63. The molecule has 0 spiro atoms. The van der Waals surface area contributed by atoms with Crippen LogP contribution in [-0.2, 0) is 0 Å². The van der Waals surface area contributed by atoms with Crippen LogP contribution in [0.15, 0.2) is 22.8 Å². The molecule has 0 bridgehead atoms. The van der Waals surface area contributed by atoms with Crippen molar-refractivity contribution in [3.63, 3.8) is 0 Å². The van der Waals surface area contributed by atoms with E-state index in [2.05, 4.69) is 33.2 Å². The maximum atomic E-state index is 12.0. The summed E-state index contributed by atoms with van der Waals surface area (Å²) in [7, 11) is 0. The Kier molecular flexibility index (Phi) is 4.15. The molecule has 17 heavy (non-hydrogen) atoms. The predicted molar refractivity (Wildman–Crippen MR) is 70.8 cm³/mol. The highest BCUT2D eigenvalue weighted by atomic mass is 79.9. The standard InChI is InChI=1S/C13H17BrN2O/c1-9-4-6-10(7-5-9)16-13(17)12-11(14)3-2-8-15-12/h2-3,8-10H,4-7H2,1H3,(H,16,17). The fraction of sp³-hybridized carbons (Fsp3) is 0.538. The van der Waals surface area contributed by atoms with Crippen molar-refractivity contribution in [1.29, 1.82) is 0 Å². The predicted octanol–water partition coefficient (Wildman–Crippen LogP) is 3.15. The number of pyridine rings is 1. The molecule has 1 aromatic heterocycles. The maximum Gasteiger partial charge on any atom is 0.271 e. The average molecular weight is 297 g/mol. The lowest BCUT2D eigenvalue weighted by atomic mass is 9.87. The maximum absolute atomic E-state index is 12.0. The summed E-state index contributed by atoms with van der Waals surface area (Å²) in [5.41, 5.74) is 0.478. The van der Waals surface area contributed by atoms with Crippen LogP contribution < -0.4 is 5.32 Å². The van der Waals surface area contributed by atoms with Crippen LogP contribution in [0.3, 0.4) is 0 Å². The summed E-state index contributed by atoms with van der Waals surface area (Å²) in [6.07, 6.45) is 6.21. The molecule has 0 atom stereocenters. The number of nitrogens with one attached hydrogen (secondary N) is 1. The zero-order chi connectivity index (χ0) is 12.3. The number of amides is 1. The largest absolute Gasteiger partial charge is 0.348 e. The Morgan fingerprint density at radius 1 is 1.41 bits per heavy atom. The van der Waals surface area contributed by atoms with Gasteiger partial charge in [-0.05, 0) is 59.7 Å². The summed E-state index contributed by atoms with van der Waals surface area (Å²) in [6, 6.07) is 3.96. The lowest BCUT2D eigenvalue weighted by Crippen LogP contribution is -2.37. The number of aromatic nitrogens is 1. The van der Waals surface area contributed by atoms with Gasteiger partial charge in [-0.3, -0.25) is 4.79 Å². The Hall–Kier alpha value is -0.900. The smallest absolute Gasteiger partial charge is 0.271 e. The average Bonchev–Trinajstić information content (AvgIpc) is 2.32. The van der Waals surface area contributed by atoms with E-state index in [1.807, 2.05) is 12.1 Å². The third-order valence-corrected chi connectivity index (χ3v) is 3.96. The first-order valence-electron chi connectivity index (χ1n) is 6.08. The van der Waals surface area contributed by atoms with Crippen molar-refractivity contribution in [3.05, 3.63) is 28.5 Å².